The molecule has 1 aliphatic rings. The fraction of sp³-hybridized carbons (Fsp3) is 0. The molecule has 0 unspecified atom stereocenters. The van der Waals surface area contributed by atoms with Crippen molar-refractivity contribution < 1.29 is 4.74 Å². The number of fused-ring (bicyclic) bond motifs is 6. The molecule has 1 nitrogen and oxygen atoms in total. The Morgan fingerprint density at radius 3 is 1.75 bits per heavy atom. The van der Waals surface area contributed by atoms with Gasteiger partial charge in [0.2, 0.25) is 0 Å². The summed E-state index contributed by atoms with van der Waals surface area (Å²) in [5.74, 6) is 1.78. The minimum atomic E-state index is 0.882. The van der Waals surface area contributed by atoms with Gasteiger partial charge in [-0.15, -0.1) is 0 Å². The molecule has 10 aromatic carbocycles. The van der Waals surface area contributed by atoms with Gasteiger partial charge in [-0.1, -0.05) is 152 Å². The standard InChI is InChI=1S/C52H32O/c1-3-12-33(13-4-1)38-28-39(30-40(29-38)51-43-19-10-8-17-37(43)32-47-41-18-9-7-16-35(41)22-24-46(47)51)36-23-26-49-48(31-36)45-21-11-20-44-42(34-14-5-2-6-15-34)25-27-50(53-49)52(44)45/h1-32H. The zero-order valence-electron chi connectivity index (χ0n) is 28.9. The maximum Gasteiger partial charge on any atom is 0.135 e. The van der Waals surface area contributed by atoms with Crippen LogP contribution in [0.3, 0.4) is 0 Å². The molecule has 0 saturated heterocycles. The highest BCUT2D eigenvalue weighted by Gasteiger charge is 2.23. The second-order valence-corrected chi connectivity index (χ2v) is 14.0. The molecule has 10 aromatic rings. The molecule has 0 saturated carbocycles. The molecule has 0 radical (unpaired) electrons. The Bertz CT molecular complexity index is 3070. The fourth-order valence-corrected chi connectivity index (χ4v) is 8.55. The van der Waals surface area contributed by atoms with Crippen molar-refractivity contribution >= 4 is 43.1 Å². The molecule has 11 rings (SSSR count). The lowest BCUT2D eigenvalue weighted by atomic mass is 9.86. The average molecular weight is 673 g/mol. The zero-order valence-corrected chi connectivity index (χ0v) is 28.9. The van der Waals surface area contributed by atoms with Crippen molar-refractivity contribution in [3.05, 3.63) is 194 Å². The van der Waals surface area contributed by atoms with Gasteiger partial charge in [0.1, 0.15) is 11.5 Å². The van der Waals surface area contributed by atoms with Gasteiger partial charge in [-0.2, -0.15) is 0 Å². The molecule has 1 heterocycles. The Morgan fingerprint density at radius 2 is 0.925 bits per heavy atom. The van der Waals surface area contributed by atoms with E-state index in [0.29, 0.717) is 0 Å². The number of ether oxygens (including phenoxy) is 1. The molecule has 246 valence electrons. The van der Waals surface area contributed by atoms with E-state index >= 15 is 0 Å². The molecule has 0 N–H and O–H groups in total. The Hall–Kier alpha value is -6.96. The molecule has 0 spiro atoms. The largest absolute Gasteiger partial charge is 0.456 e. The van der Waals surface area contributed by atoms with Crippen LogP contribution in [0.5, 0.6) is 11.5 Å². The second-order valence-electron chi connectivity index (χ2n) is 14.0. The van der Waals surface area contributed by atoms with Crippen LogP contribution in [0.1, 0.15) is 0 Å². The highest BCUT2D eigenvalue weighted by molar-refractivity contribution is 6.20. The summed E-state index contributed by atoms with van der Waals surface area (Å²) in [4.78, 5) is 0. The summed E-state index contributed by atoms with van der Waals surface area (Å²) < 4.78 is 6.65. The van der Waals surface area contributed by atoms with Crippen molar-refractivity contribution in [1.29, 1.82) is 0 Å². The molecule has 0 aromatic heterocycles. The van der Waals surface area contributed by atoms with Crippen molar-refractivity contribution in [1.82, 2.24) is 0 Å². The third-order valence-corrected chi connectivity index (χ3v) is 11.0. The maximum atomic E-state index is 6.65. The average Bonchev–Trinajstić information content (AvgIpc) is 3.23. The van der Waals surface area contributed by atoms with Crippen molar-refractivity contribution in [3.63, 3.8) is 0 Å². The summed E-state index contributed by atoms with van der Waals surface area (Å²) in [5.41, 5.74) is 11.9. The number of rotatable bonds is 4. The third-order valence-electron chi connectivity index (χ3n) is 11.0. The highest BCUT2D eigenvalue weighted by Crippen LogP contribution is 2.50. The first-order valence-electron chi connectivity index (χ1n) is 18.2. The quantitative estimate of drug-likeness (QED) is 0.134. The van der Waals surface area contributed by atoms with E-state index in [2.05, 4.69) is 194 Å². The van der Waals surface area contributed by atoms with E-state index in [9.17, 15) is 0 Å². The lowest BCUT2D eigenvalue weighted by Crippen LogP contribution is -1.98. The first-order chi connectivity index (χ1) is 26.3. The summed E-state index contributed by atoms with van der Waals surface area (Å²) in [7, 11) is 0. The molecule has 0 amide bonds. The highest BCUT2D eigenvalue weighted by atomic mass is 16.5. The summed E-state index contributed by atoms with van der Waals surface area (Å²) in [6.07, 6.45) is 0. The molecule has 1 aliphatic heterocycles. The Morgan fingerprint density at radius 1 is 0.264 bits per heavy atom. The molecule has 1 heteroatoms. The number of hydrogen-bond donors (Lipinski definition) is 0. The minimum absolute atomic E-state index is 0.882. The summed E-state index contributed by atoms with van der Waals surface area (Å²) in [5, 5.41) is 9.91. The minimum Gasteiger partial charge on any atom is -0.456 e. The molecular formula is C52H32O. The van der Waals surface area contributed by atoms with Crippen LogP contribution in [0, 0.1) is 0 Å². The first-order valence-corrected chi connectivity index (χ1v) is 18.2. The van der Waals surface area contributed by atoms with Gasteiger partial charge in [0.15, 0.2) is 0 Å². The maximum absolute atomic E-state index is 6.65. The molecule has 0 aliphatic carbocycles. The van der Waals surface area contributed by atoms with E-state index in [1.54, 1.807) is 0 Å². The fourth-order valence-electron chi connectivity index (χ4n) is 8.55. The normalized spacial score (nSPS) is 11.9. The zero-order chi connectivity index (χ0) is 34.9. The van der Waals surface area contributed by atoms with E-state index in [4.69, 9.17) is 4.74 Å². The predicted molar refractivity (Wildman–Crippen MR) is 224 cm³/mol. The van der Waals surface area contributed by atoms with Crippen LogP contribution in [0.2, 0.25) is 0 Å². The lowest BCUT2D eigenvalue weighted by Gasteiger charge is -2.23. The van der Waals surface area contributed by atoms with Gasteiger partial charge in [-0.3, -0.25) is 0 Å². The van der Waals surface area contributed by atoms with Crippen molar-refractivity contribution in [2.24, 2.45) is 0 Å². The molecule has 0 atom stereocenters. The van der Waals surface area contributed by atoms with Gasteiger partial charge in [0.05, 0.1) is 0 Å². The lowest BCUT2D eigenvalue weighted by molar-refractivity contribution is 0.487. The van der Waals surface area contributed by atoms with E-state index in [-0.39, 0.29) is 0 Å². The Kier molecular flexibility index (Phi) is 6.62. The summed E-state index contributed by atoms with van der Waals surface area (Å²) >= 11 is 0. The SMILES string of the molecule is c1ccc(-c2cc(-c3ccc4c(c3)-c3cccc5c(-c6ccccc6)ccc(c35)O4)cc(-c3c4ccccc4cc4c3ccc3ccccc34)c2)cc1. The van der Waals surface area contributed by atoms with E-state index < -0.39 is 0 Å². The Balaban J connectivity index is 1.15. The van der Waals surface area contributed by atoms with E-state index in [0.717, 1.165) is 28.0 Å². The summed E-state index contributed by atoms with van der Waals surface area (Å²) in [6, 6.07) is 70.6. The van der Waals surface area contributed by atoms with E-state index in [1.807, 2.05) is 0 Å². The van der Waals surface area contributed by atoms with Gasteiger partial charge in [0, 0.05) is 10.9 Å². The van der Waals surface area contributed by atoms with Gasteiger partial charge in [-0.05, 0) is 130 Å². The number of benzene rings is 10. The number of hydrogen-bond acceptors (Lipinski definition) is 1. The second kappa shape index (κ2) is 11.8. The van der Waals surface area contributed by atoms with Crippen molar-refractivity contribution in [3.8, 4) is 67.1 Å². The summed E-state index contributed by atoms with van der Waals surface area (Å²) in [6.45, 7) is 0. The molecule has 0 bridgehead atoms. The smallest absolute Gasteiger partial charge is 0.135 e. The first kappa shape index (κ1) is 29.7. The van der Waals surface area contributed by atoms with Crippen LogP contribution in [0.15, 0.2) is 194 Å². The Labute approximate surface area is 308 Å². The van der Waals surface area contributed by atoms with Crippen LogP contribution < -0.4 is 4.74 Å². The van der Waals surface area contributed by atoms with Gasteiger partial charge in [0.25, 0.3) is 0 Å². The molecule has 53 heavy (non-hydrogen) atoms. The van der Waals surface area contributed by atoms with Crippen LogP contribution in [0.4, 0.5) is 0 Å². The molecule has 0 fully saturated rings. The topological polar surface area (TPSA) is 9.23 Å². The van der Waals surface area contributed by atoms with Crippen molar-refractivity contribution in [2.45, 2.75) is 0 Å². The van der Waals surface area contributed by atoms with Crippen LogP contribution in [-0.2, 0) is 0 Å². The molecular weight excluding hydrogens is 641 g/mol. The van der Waals surface area contributed by atoms with Gasteiger partial charge >= 0.3 is 0 Å². The predicted octanol–water partition coefficient (Wildman–Crippen LogP) is 14.7. The van der Waals surface area contributed by atoms with Gasteiger partial charge in [-0.25, -0.2) is 0 Å². The monoisotopic (exact) mass is 672 g/mol. The van der Waals surface area contributed by atoms with Crippen LogP contribution >= 0.6 is 0 Å². The van der Waals surface area contributed by atoms with Gasteiger partial charge < -0.3 is 4.74 Å². The van der Waals surface area contributed by atoms with Crippen LogP contribution in [-0.4, -0.2) is 0 Å². The third kappa shape index (κ3) is 4.79. The van der Waals surface area contributed by atoms with Crippen LogP contribution in [0.25, 0.3) is 98.7 Å². The van der Waals surface area contributed by atoms with Crippen molar-refractivity contribution in [2.75, 3.05) is 0 Å². The van der Waals surface area contributed by atoms with E-state index in [1.165, 1.54) is 82.2 Å².